The molecule has 1 aromatic rings. The van der Waals surface area contributed by atoms with Crippen LogP contribution in [0.3, 0.4) is 0 Å². The third kappa shape index (κ3) is 3.93. The zero-order valence-corrected chi connectivity index (χ0v) is 11.9. The molecule has 0 aromatic carbocycles. The Bertz CT molecular complexity index is 410. The number of rotatable bonds is 8. The van der Waals surface area contributed by atoms with Crippen molar-refractivity contribution in [3.63, 3.8) is 0 Å². The van der Waals surface area contributed by atoms with Gasteiger partial charge >= 0.3 is 0 Å². The fraction of sp³-hybridized carbons (Fsp3) is 0.688. The van der Waals surface area contributed by atoms with Gasteiger partial charge in [0.25, 0.3) is 0 Å². The summed E-state index contributed by atoms with van der Waals surface area (Å²) in [5.41, 5.74) is 2.54. The van der Waals surface area contributed by atoms with Gasteiger partial charge in [0.15, 0.2) is 0 Å². The first kappa shape index (κ1) is 12.9. The van der Waals surface area contributed by atoms with Crippen molar-refractivity contribution >= 4 is 5.69 Å². The fourth-order valence-electron chi connectivity index (χ4n) is 2.50. The van der Waals surface area contributed by atoms with Gasteiger partial charge in [-0.05, 0) is 50.2 Å². The average Bonchev–Trinajstić information content (AvgIpc) is 3.31. The van der Waals surface area contributed by atoms with Crippen molar-refractivity contribution in [2.45, 2.75) is 51.6 Å². The molecule has 3 rings (SSSR count). The summed E-state index contributed by atoms with van der Waals surface area (Å²) in [5, 5.41) is 3.54. The van der Waals surface area contributed by atoms with E-state index < -0.39 is 0 Å². The molecule has 2 fully saturated rings. The molecule has 0 saturated heterocycles. The first-order valence-corrected chi connectivity index (χ1v) is 7.78. The molecule has 0 unspecified atom stereocenters. The quantitative estimate of drug-likeness (QED) is 0.778. The van der Waals surface area contributed by atoms with Crippen LogP contribution < -0.4 is 10.2 Å². The van der Waals surface area contributed by atoms with Crippen molar-refractivity contribution < 1.29 is 0 Å². The van der Waals surface area contributed by atoms with Crippen molar-refractivity contribution in [2.24, 2.45) is 5.92 Å². The van der Waals surface area contributed by atoms with Crippen molar-refractivity contribution in [1.29, 1.82) is 0 Å². The second kappa shape index (κ2) is 5.91. The van der Waals surface area contributed by atoms with Gasteiger partial charge in [-0.2, -0.15) is 0 Å². The predicted molar refractivity (Wildman–Crippen MR) is 79.3 cm³/mol. The summed E-state index contributed by atoms with van der Waals surface area (Å²) in [7, 11) is 0. The molecular weight excluding hydrogens is 234 g/mol. The minimum atomic E-state index is 0.753. The highest BCUT2D eigenvalue weighted by Crippen LogP contribution is 2.31. The van der Waals surface area contributed by atoms with Gasteiger partial charge in [-0.1, -0.05) is 6.92 Å². The molecule has 0 amide bonds. The molecular formula is C16H25N3. The summed E-state index contributed by atoms with van der Waals surface area (Å²) in [6.07, 6.45) is 8.69. The smallest absolute Gasteiger partial charge is 0.0562 e. The second-order valence-corrected chi connectivity index (χ2v) is 6.05. The Hall–Kier alpha value is -1.09. The van der Waals surface area contributed by atoms with E-state index in [0.29, 0.717) is 0 Å². The van der Waals surface area contributed by atoms with Crippen LogP contribution >= 0.6 is 0 Å². The lowest BCUT2D eigenvalue weighted by Crippen LogP contribution is -2.27. The van der Waals surface area contributed by atoms with E-state index in [2.05, 4.69) is 34.3 Å². The molecule has 0 aliphatic heterocycles. The summed E-state index contributed by atoms with van der Waals surface area (Å²) in [6.45, 7) is 5.57. The Morgan fingerprint density at radius 3 is 2.84 bits per heavy atom. The van der Waals surface area contributed by atoms with Gasteiger partial charge < -0.3 is 10.2 Å². The van der Waals surface area contributed by atoms with E-state index >= 15 is 0 Å². The maximum Gasteiger partial charge on any atom is 0.0562 e. The van der Waals surface area contributed by atoms with Crippen molar-refractivity contribution in [2.75, 3.05) is 18.0 Å². The van der Waals surface area contributed by atoms with E-state index in [0.717, 1.165) is 25.0 Å². The molecule has 1 heterocycles. The number of pyridine rings is 1. The number of anilines is 1. The Morgan fingerprint density at radius 1 is 1.32 bits per heavy atom. The lowest BCUT2D eigenvalue weighted by molar-refractivity contribution is 0.671. The van der Waals surface area contributed by atoms with Gasteiger partial charge in [-0.15, -0.1) is 0 Å². The summed E-state index contributed by atoms with van der Waals surface area (Å²) in [4.78, 5) is 7.03. The molecule has 104 valence electrons. The third-order valence-corrected chi connectivity index (χ3v) is 3.98. The normalized spacial score (nSPS) is 18.6. The Labute approximate surface area is 116 Å². The number of hydrogen-bond donors (Lipinski definition) is 1. The molecule has 0 bridgehead atoms. The average molecular weight is 259 g/mol. The number of hydrogen-bond acceptors (Lipinski definition) is 3. The van der Waals surface area contributed by atoms with Gasteiger partial charge in [0.1, 0.15) is 0 Å². The van der Waals surface area contributed by atoms with E-state index in [-0.39, 0.29) is 0 Å². The van der Waals surface area contributed by atoms with Gasteiger partial charge in [0.05, 0.1) is 5.69 Å². The molecule has 0 spiro atoms. The third-order valence-electron chi connectivity index (χ3n) is 3.98. The minimum absolute atomic E-state index is 0.753. The molecule has 0 radical (unpaired) electrons. The van der Waals surface area contributed by atoms with Crippen LogP contribution in [-0.4, -0.2) is 24.1 Å². The fourth-order valence-corrected chi connectivity index (χ4v) is 2.50. The molecule has 2 saturated carbocycles. The van der Waals surface area contributed by atoms with E-state index in [4.69, 9.17) is 0 Å². The highest BCUT2D eigenvalue weighted by Gasteiger charge is 2.24. The lowest BCUT2D eigenvalue weighted by Gasteiger charge is -2.24. The van der Waals surface area contributed by atoms with Gasteiger partial charge in [0.2, 0.25) is 0 Å². The zero-order chi connectivity index (χ0) is 13.1. The molecule has 3 heteroatoms. The van der Waals surface area contributed by atoms with Gasteiger partial charge in [0, 0.05) is 37.6 Å². The summed E-state index contributed by atoms with van der Waals surface area (Å²) >= 11 is 0. The lowest BCUT2D eigenvalue weighted by atomic mass is 10.2. The van der Waals surface area contributed by atoms with Crippen LogP contribution in [0.2, 0.25) is 0 Å². The number of nitrogens with one attached hydrogen (secondary N) is 1. The maximum absolute atomic E-state index is 4.49. The Kier molecular flexibility index (Phi) is 4.02. The first-order valence-electron chi connectivity index (χ1n) is 7.78. The maximum atomic E-state index is 4.49. The van der Waals surface area contributed by atoms with Gasteiger partial charge in [-0.3, -0.25) is 4.98 Å². The highest BCUT2D eigenvalue weighted by molar-refractivity contribution is 5.46. The minimum Gasteiger partial charge on any atom is -0.371 e. The predicted octanol–water partition coefficient (Wildman–Crippen LogP) is 2.96. The van der Waals surface area contributed by atoms with Crippen molar-refractivity contribution in [3.8, 4) is 0 Å². The van der Waals surface area contributed by atoms with Crippen LogP contribution in [0.15, 0.2) is 18.3 Å². The molecule has 1 aromatic heterocycles. The summed E-state index contributed by atoms with van der Waals surface area (Å²) in [5.74, 6) is 0.938. The molecule has 2 aliphatic rings. The Morgan fingerprint density at radius 2 is 2.16 bits per heavy atom. The number of nitrogens with zero attached hydrogens (tertiary/aromatic N) is 2. The van der Waals surface area contributed by atoms with E-state index in [1.165, 1.54) is 50.0 Å². The molecule has 2 aliphatic carbocycles. The van der Waals surface area contributed by atoms with Crippen LogP contribution in [0.4, 0.5) is 5.69 Å². The highest BCUT2D eigenvalue weighted by atomic mass is 15.1. The van der Waals surface area contributed by atoms with E-state index in [1.807, 2.05) is 6.20 Å². The van der Waals surface area contributed by atoms with Crippen molar-refractivity contribution in [1.82, 2.24) is 10.3 Å². The van der Waals surface area contributed by atoms with E-state index in [9.17, 15) is 0 Å². The second-order valence-electron chi connectivity index (χ2n) is 6.05. The van der Waals surface area contributed by atoms with Crippen LogP contribution in [0.1, 0.15) is 44.7 Å². The number of aromatic nitrogens is 1. The Balaban J connectivity index is 1.63. The van der Waals surface area contributed by atoms with E-state index in [1.54, 1.807) is 0 Å². The van der Waals surface area contributed by atoms with Crippen LogP contribution in [-0.2, 0) is 6.54 Å². The van der Waals surface area contributed by atoms with Crippen molar-refractivity contribution in [3.05, 3.63) is 24.0 Å². The molecule has 1 N–H and O–H groups in total. The molecule has 0 atom stereocenters. The summed E-state index contributed by atoms with van der Waals surface area (Å²) in [6, 6.07) is 5.19. The van der Waals surface area contributed by atoms with Crippen LogP contribution in [0.25, 0.3) is 0 Å². The standard InChI is InChI=1S/C16H25N3/c1-2-9-19(12-13-3-4-13)16-7-8-17-15(10-16)11-18-14-5-6-14/h7-8,10,13-14,18H,2-6,9,11-12H2,1H3. The van der Waals surface area contributed by atoms with Crippen LogP contribution in [0.5, 0.6) is 0 Å². The molecule has 19 heavy (non-hydrogen) atoms. The first-order chi connectivity index (χ1) is 9.35. The zero-order valence-electron chi connectivity index (χ0n) is 11.9. The topological polar surface area (TPSA) is 28.2 Å². The monoisotopic (exact) mass is 259 g/mol. The van der Waals surface area contributed by atoms with Crippen LogP contribution in [0, 0.1) is 5.92 Å². The van der Waals surface area contributed by atoms with Gasteiger partial charge in [-0.25, -0.2) is 0 Å². The SMILES string of the molecule is CCCN(CC1CC1)c1ccnc(CNC2CC2)c1. The summed E-state index contributed by atoms with van der Waals surface area (Å²) < 4.78 is 0. The largest absolute Gasteiger partial charge is 0.371 e. The molecule has 3 nitrogen and oxygen atoms in total.